The van der Waals surface area contributed by atoms with E-state index in [-0.39, 0.29) is 23.9 Å². The van der Waals surface area contributed by atoms with Gasteiger partial charge in [-0.1, -0.05) is 61.5 Å². The third-order valence-electron chi connectivity index (χ3n) is 6.44. The number of hydrogen-bond acceptors (Lipinski definition) is 4. The van der Waals surface area contributed by atoms with Gasteiger partial charge < -0.3 is 20.3 Å². The van der Waals surface area contributed by atoms with E-state index in [4.69, 9.17) is 5.11 Å². The number of aromatic nitrogens is 2. The van der Waals surface area contributed by atoms with Crippen molar-refractivity contribution < 1.29 is 14.7 Å². The number of aryl methyl sites for hydroxylation is 1. The Bertz CT molecular complexity index is 1480. The highest BCUT2D eigenvalue weighted by molar-refractivity contribution is 6.00. The minimum Gasteiger partial charge on any atom is -0.481 e. The van der Waals surface area contributed by atoms with Crippen LogP contribution in [0.3, 0.4) is 0 Å². The van der Waals surface area contributed by atoms with Gasteiger partial charge in [0.2, 0.25) is 0 Å². The molecule has 2 amide bonds. The molecule has 1 atom stereocenters. The Kier molecular flexibility index (Phi) is 8.33. The van der Waals surface area contributed by atoms with Gasteiger partial charge in [0.1, 0.15) is 5.69 Å². The van der Waals surface area contributed by atoms with Gasteiger partial charge in [-0.25, -0.2) is 9.78 Å². The third kappa shape index (κ3) is 6.53. The number of nitrogens with one attached hydrogen (secondary N) is 2. The first-order valence-electron chi connectivity index (χ1n) is 12.4. The average Bonchev–Trinajstić information content (AvgIpc) is 2.91. The number of benzene rings is 3. The number of aliphatic carboxylic acids is 1. The Balaban J connectivity index is 1.44. The molecular weight excluding hydrogens is 480 g/mol. The molecule has 0 aliphatic carbocycles. The van der Waals surface area contributed by atoms with Gasteiger partial charge in [-0.15, -0.1) is 0 Å². The standard InChI is InChI=1S/C30H30N4O4/c1-3-22(18-27(35)36)23-10-8-21(9-11-23)19-34-17-16-31-28(29(34)37)24-12-14-25(15-13-24)32-30(38)33-26-7-5-4-6-20(26)2/h4-17,22H,3,18-19H2,1-2H3,(H,35,36)(H2,32,33,38). The molecule has 0 spiro atoms. The highest BCUT2D eigenvalue weighted by atomic mass is 16.4. The quantitative estimate of drug-likeness (QED) is 0.260. The molecule has 0 aliphatic rings. The highest BCUT2D eigenvalue weighted by Crippen LogP contribution is 2.24. The first-order chi connectivity index (χ1) is 18.3. The second-order valence-corrected chi connectivity index (χ2v) is 9.12. The summed E-state index contributed by atoms with van der Waals surface area (Å²) in [5.74, 6) is -0.853. The fraction of sp³-hybridized carbons (Fsp3) is 0.200. The maximum Gasteiger partial charge on any atom is 0.323 e. The van der Waals surface area contributed by atoms with Crippen LogP contribution in [0.2, 0.25) is 0 Å². The molecule has 0 bridgehead atoms. The summed E-state index contributed by atoms with van der Waals surface area (Å²) in [6.45, 7) is 4.26. The highest BCUT2D eigenvalue weighted by Gasteiger charge is 2.14. The van der Waals surface area contributed by atoms with Crippen molar-refractivity contribution in [3.05, 3.63) is 112 Å². The minimum absolute atomic E-state index is 0.0391. The molecule has 0 saturated heterocycles. The Hall–Kier alpha value is -4.72. The number of rotatable bonds is 9. The number of carbonyl (C=O) groups excluding carboxylic acids is 1. The fourth-order valence-corrected chi connectivity index (χ4v) is 4.28. The van der Waals surface area contributed by atoms with E-state index in [0.29, 0.717) is 23.5 Å². The summed E-state index contributed by atoms with van der Waals surface area (Å²) in [7, 11) is 0. The number of urea groups is 1. The molecule has 1 unspecified atom stereocenters. The molecule has 0 saturated carbocycles. The van der Waals surface area contributed by atoms with Gasteiger partial charge >= 0.3 is 12.0 Å². The summed E-state index contributed by atoms with van der Waals surface area (Å²) in [5.41, 5.74) is 4.91. The number of amides is 2. The molecular formula is C30H30N4O4. The number of carboxylic acid groups (broad SMARTS) is 1. The summed E-state index contributed by atoms with van der Waals surface area (Å²) >= 11 is 0. The zero-order valence-electron chi connectivity index (χ0n) is 21.3. The number of hydrogen-bond donors (Lipinski definition) is 3. The molecule has 194 valence electrons. The van der Waals surface area contributed by atoms with Crippen LogP contribution in [0.4, 0.5) is 16.2 Å². The van der Waals surface area contributed by atoms with Crippen LogP contribution >= 0.6 is 0 Å². The second-order valence-electron chi connectivity index (χ2n) is 9.12. The Morgan fingerprint density at radius 3 is 2.34 bits per heavy atom. The Labute approximate surface area is 221 Å². The average molecular weight is 511 g/mol. The molecule has 8 heteroatoms. The lowest BCUT2D eigenvalue weighted by atomic mass is 9.92. The molecule has 1 aromatic heterocycles. The molecule has 3 N–H and O–H groups in total. The van der Waals surface area contributed by atoms with Crippen LogP contribution in [0.1, 0.15) is 42.4 Å². The van der Waals surface area contributed by atoms with E-state index in [2.05, 4.69) is 15.6 Å². The van der Waals surface area contributed by atoms with Gasteiger partial charge in [0.15, 0.2) is 0 Å². The molecule has 4 aromatic rings. The van der Waals surface area contributed by atoms with Crippen molar-refractivity contribution in [2.45, 2.75) is 39.2 Å². The molecule has 0 radical (unpaired) electrons. The lowest BCUT2D eigenvalue weighted by Crippen LogP contribution is -2.23. The largest absolute Gasteiger partial charge is 0.481 e. The van der Waals surface area contributed by atoms with Gasteiger partial charge in [-0.2, -0.15) is 0 Å². The van der Waals surface area contributed by atoms with E-state index in [0.717, 1.165) is 28.8 Å². The normalized spacial score (nSPS) is 11.5. The maximum absolute atomic E-state index is 13.2. The summed E-state index contributed by atoms with van der Waals surface area (Å²) in [5, 5.41) is 14.7. The monoisotopic (exact) mass is 510 g/mol. The van der Waals surface area contributed by atoms with E-state index in [9.17, 15) is 14.4 Å². The van der Waals surface area contributed by atoms with Gasteiger partial charge in [-0.3, -0.25) is 9.59 Å². The van der Waals surface area contributed by atoms with Crippen molar-refractivity contribution in [2.75, 3.05) is 10.6 Å². The van der Waals surface area contributed by atoms with E-state index >= 15 is 0 Å². The number of nitrogens with zero attached hydrogens (tertiary/aromatic N) is 2. The number of anilines is 2. The molecule has 3 aromatic carbocycles. The molecule has 38 heavy (non-hydrogen) atoms. The first-order valence-corrected chi connectivity index (χ1v) is 12.4. The van der Waals surface area contributed by atoms with Crippen LogP contribution in [-0.2, 0) is 11.3 Å². The van der Waals surface area contributed by atoms with Crippen LogP contribution in [0.15, 0.2) is 90.0 Å². The molecule has 0 aliphatic heterocycles. The van der Waals surface area contributed by atoms with Gasteiger partial charge in [0.25, 0.3) is 5.56 Å². The number of carboxylic acids is 1. The van der Waals surface area contributed by atoms with Crippen molar-refractivity contribution >= 4 is 23.4 Å². The Morgan fingerprint density at radius 2 is 1.68 bits per heavy atom. The summed E-state index contributed by atoms with van der Waals surface area (Å²) in [6, 6.07) is 21.8. The third-order valence-corrected chi connectivity index (χ3v) is 6.44. The summed E-state index contributed by atoms with van der Waals surface area (Å²) in [6.07, 6.45) is 4.07. The van der Waals surface area contributed by atoms with Crippen molar-refractivity contribution in [3.8, 4) is 11.3 Å². The zero-order chi connectivity index (χ0) is 27.1. The van der Waals surface area contributed by atoms with Crippen LogP contribution in [-0.4, -0.2) is 26.7 Å². The summed E-state index contributed by atoms with van der Waals surface area (Å²) < 4.78 is 1.59. The van der Waals surface area contributed by atoms with Crippen molar-refractivity contribution in [2.24, 2.45) is 0 Å². The van der Waals surface area contributed by atoms with Crippen LogP contribution in [0, 0.1) is 6.92 Å². The van der Waals surface area contributed by atoms with Crippen LogP contribution < -0.4 is 16.2 Å². The van der Waals surface area contributed by atoms with E-state index in [1.165, 1.54) is 0 Å². The smallest absolute Gasteiger partial charge is 0.323 e. The lowest BCUT2D eigenvalue weighted by Gasteiger charge is -2.14. The van der Waals surface area contributed by atoms with E-state index < -0.39 is 5.97 Å². The van der Waals surface area contributed by atoms with Gasteiger partial charge in [0.05, 0.1) is 13.0 Å². The maximum atomic E-state index is 13.2. The minimum atomic E-state index is -0.814. The fourth-order valence-electron chi connectivity index (χ4n) is 4.28. The first kappa shape index (κ1) is 26.3. The zero-order valence-corrected chi connectivity index (χ0v) is 21.3. The number of para-hydroxylation sites is 1. The molecule has 0 fully saturated rings. The van der Waals surface area contributed by atoms with E-state index in [1.807, 2.05) is 62.4 Å². The van der Waals surface area contributed by atoms with Gasteiger partial charge in [-0.05, 0) is 54.2 Å². The Morgan fingerprint density at radius 1 is 0.974 bits per heavy atom. The van der Waals surface area contributed by atoms with Gasteiger partial charge in [0, 0.05) is 29.3 Å². The molecule has 1 heterocycles. The second kappa shape index (κ2) is 12.0. The lowest BCUT2D eigenvalue weighted by molar-refractivity contribution is -0.137. The SMILES string of the molecule is CCC(CC(=O)O)c1ccc(Cn2ccnc(-c3ccc(NC(=O)Nc4ccccc4C)cc3)c2=O)cc1. The number of carbonyl (C=O) groups is 2. The van der Waals surface area contributed by atoms with Crippen molar-refractivity contribution in [1.29, 1.82) is 0 Å². The van der Waals surface area contributed by atoms with Crippen molar-refractivity contribution in [1.82, 2.24) is 9.55 Å². The predicted octanol–water partition coefficient (Wildman–Crippen LogP) is 5.88. The molecule has 8 nitrogen and oxygen atoms in total. The van der Waals surface area contributed by atoms with Crippen LogP contribution in [0.5, 0.6) is 0 Å². The topological polar surface area (TPSA) is 113 Å². The predicted molar refractivity (Wildman–Crippen MR) is 149 cm³/mol. The van der Waals surface area contributed by atoms with Crippen molar-refractivity contribution in [3.63, 3.8) is 0 Å². The van der Waals surface area contributed by atoms with E-state index in [1.54, 1.807) is 41.2 Å². The summed E-state index contributed by atoms with van der Waals surface area (Å²) in [4.78, 5) is 40.9. The molecule has 4 rings (SSSR count). The van der Waals surface area contributed by atoms with Crippen LogP contribution in [0.25, 0.3) is 11.3 Å².